The molecule has 1 aliphatic heterocycles. The van der Waals surface area contributed by atoms with E-state index in [0.29, 0.717) is 6.42 Å². The van der Waals surface area contributed by atoms with E-state index in [0.717, 1.165) is 0 Å². The van der Waals surface area contributed by atoms with Crippen molar-refractivity contribution in [3.63, 3.8) is 0 Å². The second-order valence-electron chi connectivity index (χ2n) is 2.63. The third-order valence-corrected chi connectivity index (χ3v) is 1.70. The lowest BCUT2D eigenvalue weighted by Gasteiger charge is -2.05. The number of aliphatic hydroxyl groups is 1. The van der Waals surface area contributed by atoms with Gasteiger partial charge in [-0.3, -0.25) is 4.79 Å². The topological polar surface area (TPSA) is 98.7 Å². The molecule has 0 radical (unpaired) electrons. The molecule has 1 heterocycles. The second kappa shape index (κ2) is 3.40. The van der Waals surface area contributed by atoms with Gasteiger partial charge in [0.1, 0.15) is 6.04 Å². The molecule has 1 aliphatic rings. The Bertz CT molecular complexity index is 206. The van der Waals surface area contributed by atoms with Crippen LogP contribution in [0.4, 0.5) is 4.79 Å². The van der Waals surface area contributed by atoms with Gasteiger partial charge in [0.25, 0.3) is 0 Å². The molecule has 1 rings (SSSR count). The maximum Gasteiger partial charge on any atom is 0.405 e. The molecule has 2 amide bonds. The summed E-state index contributed by atoms with van der Waals surface area (Å²) in [5.74, 6) is -0.378. The molecule has 68 valence electrons. The predicted octanol–water partition coefficient (Wildman–Crippen LogP) is -1.50. The first-order chi connectivity index (χ1) is 5.63. The molecular weight excluding hydrogens is 164 g/mol. The number of hydrogen-bond acceptors (Lipinski definition) is 3. The van der Waals surface area contributed by atoms with E-state index in [1.54, 1.807) is 0 Å². The molecule has 4 N–H and O–H groups in total. The van der Waals surface area contributed by atoms with Crippen molar-refractivity contribution >= 4 is 12.0 Å². The van der Waals surface area contributed by atoms with Crippen molar-refractivity contribution < 1.29 is 19.8 Å². The summed E-state index contributed by atoms with van der Waals surface area (Å²) in [5.41, 5.74) is 0. The van der Waals surface area contributed by atoms with Gasteiger partial charge < -0.3 is 20.8 Å². The summed E-state index contributed by atoms with van der Waals surface area (Å²) in [7, 11) is 0. The first-order valence-corrected chi connectivity index (χ1v) is 3.54. The van der Waals surface area contributed by atoms with Crippen LogP contribution in [0.2, 0.25) is 0 Å². The second-order valence-corrected chi connectivity index (χ2v) is 2.63. The fourth-order valence-corrected chi connectivity index (χ4v) is 1.15. The molecule has 2 atom stereocenters. The Balaban J connectivity index is 2.46. The fourth-order valence-electron chi connectivity index (χ4n) is 1.15. The van der Waals surface area contributed by atoms with Crippen LogP contribution in [-0.4, -0.2) is 40.9 Å². The van der Waals surface area contributed by atoms with Crippen LogP contribution < -0.4 is 10.6 Å². The Kier molecular flexibility index (Phi) is 2.49. The Morgan fingerprint density at radius 1 is 1.75 bits per heavy atom. The standard InChI is InChI=1S/C6H10N2O4/c9-2-3-1-4(5(10)7-3)8-6(11)12/h3-4,8-9H,1-2H2,(H,7,10)(H,11,12)/t3-,4-/m0/s1. The van der Waals surface area contributed by atoms with Crippen LogP contribution in [0.3, 0.4) is 0 Å². The third kappa shape index (κ3) is 1.85. The van der Waals surface area contributed by atoms with Gasteiger partial charge in [0.05, 0.1) is 12.6 Å². The van der Waals surface area contributed by atoms with E-state index < -0.39 is 12.1 Å². The molecule has 0 aromatic heterocycles. The smallest absolute Gasteiger partial charge is 0.405 e. The highest BCUT2D eigenvalue weighted by Gasteiger charge is 2.32. The summed E-state index contributed by atoms with van der Waals surface area (Å²) >= 11 is 0. The highest BCUT2D eigenvalue weighted by atomic mass is 16.4. The van der Waals surface area contributed by atoms with E-state index in [1.165, 1.54) is 0 Å². The zero-order valence-corrected chi connectivity index (χ0v) is 6.28. The van der Waals surface area contributed by atoms with Crippen LogP contribution >= 0.6 is 0 Å². The molecule has 0 aromatic rings. The number of rotatable bonds is 2. The highest BCUT2D eigenvalue weighted by Crippen LogP contribution is 2.06. The Morgan fingerprint density at radius 3 is 2.83 bits per heavy atom. The van der Waals surface area contributed by atoms with Crippen molar-refractivity contribution in [2.45, 2.75) is 18.5 Å². The van der Waals surface area contributed by atoms with E-state index >= 15 is 0 Å². The lowest BCUT2D eigenvalue weighted by molar-refractivity contribution is -0.121. The predicted molar refractivity (Wildman–Crippen MR) is 38.6 cm³/mol. The van der Waals surface area contributed by atoms with Crippen molar-refractivity contribution in [3.05, 3.63) is 0 Å². The molecule has 1 fully saturated rings. The monoisotopic (exact) mass is 174 g/mol. The van der Waals surface area contributed by atoms with Crippen LogP contribution in [0.5, 0.6) is 0 Å². The van der Waals surface area contributed by atoms with E-state index in [1.807, 2.05) is 5.32 Å². The highest BCUT2D eigenvalue weighted by molar-refractivity contribution is 5.87. The van der Waals surface area contributed by atoms with Gasteiger partial charge in [0.15, 0.2) is 0 Å². The van der Waals surface area contributed by atoms with E-state index in [2.05, 4.69) is 5.32 Å². The molecular formula is C6H10N2O4. The molecule has 1 saturated heterocycles. The van der Waals surface area contributed by atoms with Crippen LogP contribution in [0.1, 0.15) is 6.42 Å². The van der Waals surface area contributed by atoms with Gasteiger partial charge in [0, 0.05) is 0 Å². The maximum absolute atomic E-state index is 10.9. The Morgan fingerprint density at radius 2 is 2.42 bits per heavy atom. The van der Waals surface area contributed by atoms with Crippen LogP contribution in [-0.2, 0) is 4.79 Å². The molecule has 0 aliphatic carbocycles. The fraction of sp³-hybridized carbons (Fsp3) is 0.667. The molecule has 6 heteroatoms. The van der Waals surface area contributed by atoms with Gasteiger partial charge in [-0.1, -0.05) is 0 Å². The molecule has 0 aromatic carbocycles. The zero-order valence-electron chi connectivity index (χ0n) is 6.28. The lowest BCUT2D eigenvalue weighted by Crippen LogP contribution is -2.39. The zero-order chi connectivity index (χ0) is 9.14. The minimum absolute atomic E-state index is 0.163. The van der Waals surface area contributed by atoms with Gasteiger partial charge in [-0.05, 0) is 6.42 Å². The SMILES string of the molecule is O=C(O)N[C@H]1C[C@@H](CO)NC1=O. The summed E-state index contributed by atoms with van der Waals surface area (Å²) in [6.07, 6.45) is -0.921. The first-order valence-electron chi connectivity index (χ1n) is 3.54. The van der Waals surface area contributed by atoms with Crippen molar-refractivity contribution in [2.24, 2.45) is 0 Å². The number of aliphatic hydroxyl groups excluding tert-OH is 1. The van der Waals surface area contributed by atoms with Gasteiger partial charge in [-0.25, -0.2) is 4.79 Å². The van der Waals surface area contributed by atoms with Crippen LogP contribution in [0.25, 0.3) is 0 Å². The summed E-state index contributed by atoms with van der Waals surface area (Å²) in [5, 5.41) is 21.4. The summed E-state index contributed by atoms with van der Waals surface area (Å²) in [4.78, 5) is 21.1. The third-order valence-electron chi connectivity index (χ3n) is 1.70. The number of hydrogen-bond donors (Lipinski definition) is 4. The van der Waals surface area contributed by atoms with E-state index in [9.17, 15) is 9.59 Å². The Labute approximate surface area is 68.6 Å². The summed E-state index contributed by atoms with van der Waals surface area (Å²) in [6.45, 7) is -0.163. The Hall–Kier alpha value is -1.30. The number of nitrogens with one attached hydrogen (secondary N) is 2. The van der Waals surface area contributed by atoms with Crippen molar-refractivity contribution in [2.75, 3.05) is 6.61 Å². The summed E-state index contributed by atoms with van der Waals surface area (Å²) < 4.78 is 0. The summed E-state index contributed by atoms with van der Waals surface area (Å²) in [6, 6.07) is -1.05. The lowest BCUT2D eigenvalue weighted by atomic mass is 10.2. The number of carboxylic acid groups (broad SMARTS) is 1. The van der Waals surface area contributed by atoms with Gasteiger partial charge in [-0.15, -0.1) is 0 Å². The van der Waals surface area contributed by atoms with Crippen LogP contribution in [0, 0.1) is 0 Å². The largest absolute Gasteiger partial charge is 0.465 e. The first kappa shape index (κ1) is 8.79. The number of amides is 2. The van der Waals surface area contributed by atoms with Gasteiger partial charge in [0.2, 0.25) is 5.91 Å². The van der Waals surface area contributed by atoms with E-state index in [4.69, 9.17) is 10.2 Å². The quantitative estimate of drug-likeness (QED) is 0.409. The van der Waals surface area contributed by atoms with Crippen LogP contribution in [0.15, 0.2) is 0 Å². The minimum atomic E-state index is -1.23. The number of carbonyl (C=O) groups excluding carboxylic acids is 1. The molecule has 6 nitrogen and oxygen atoms in total. The molecule has 0 spiro atoms. The van der Waals surface area contributed by atoms with Crippen molar-refractivity contribution in [1.29, 1.82) is 0 Å². The molecule has 0 unspecified atom stereocenters. The maximum atomic E-state index is 10.9. The molecule has 12 heavy (non-hydrogen) atoms. The van der Waals surface area contributed by atoms with E-state index in [-0.39, 0.29) is 18.6 Å². The van der Waals surface area contributed by atoms with Gasteiger partial charge in [-0.2, -0.15) is 0 Å². The number of carbonyl (C=O) groups is 2. The average Bonchev–Trinajstić information content (AvgIpc) is 2.31. The molecule has 0 bridgehead atoms. The van der Waals surface area contributed by atoms with Crippen molar-refractivity contribution in [3.8, 4) is 0 Å². The molecule has 0 saturated carbocycles. The normalized spacial score (nSPS) is 28.2. The van der Waals surface area contributed by atoms with Crippen molar-refractivity contribution in [1.82, 2.24) is 10.6 Å². The van der Waals surface area contributed by atoms with Gasteiger partial charge >= 0.3 is 6.09 Å². The average molecular weight is 174 g/mol. The minimum Gasteiger partial charge on any atom is -0.465 e.